The van der Waals surface area contributed by atoms with E-state index in [2.05, 4.69) is 42.4 Å². The van der Waals surface area contributed by atoms with Crippen LogP contribution in [0, 0.1) is 0 Å². The van der Waals surface area contributed by atoms with Crippen molar-refractivity contribution in [2.75, 3.05) is 14.2 Å². The zero-order chi connectivity index (χ0) is 10.6. The molecule has 0 bridgehead atoms. The van der Waals surface area contributed by atoms with Gasteiger partial charge in [0.05, 0.1) is 17.8 Å². The summed E-state index contributed by atoms with van der Waals surface area (Å²) in [6.07, 6.45) is 1.72. The molecule has 1 N–H and O–H groups in total. The van der Waals surface area contributed by atoms with Crippen molar-refractivity contribution in [3.63, 3.8) is 0 Å². The van der Waals surface area contributed by atoms with Crippen molar-refractivity contribution in [1.82, 2.24) is 5.43 Å². The molecule has 0 saturated heterocycles. The minimum absolute atomic E-state index is 0.783. The van der Waals surface area contributed by atoms with Crippen LogP contribution >= 0.6 is 31.9 Å². The summed E-state index contributed by atoms with van der Waals surface area (Å²) < 4.78 is 7.04. The topological polar surface area (TPSA) is 33.6 Å². The van der Waals surface area contributed by atoms with Gasteiger partial charge in [-0.2, -0.15) is 5.10 Å². The van der Waals surface area contributed by atoms with Gasteiger partial charge in [-0.25, -0.2) is 0 Å². The molecule has 76 valence electrons. The number of rotatable bonds is 3. The summed E-state index contributed by atoms with van der Waals surface area (Å²) in [5, 5.41) is 3.93. The lowest BCUT2D eigenvalue weighted by atomic mass is 10.2. The molecule has 5 heteroatoms. The first-order valence-corrected chi connectivity index (χ1v) is 5.50. The first-order valence-electron chi connectivity index (χ1n) is 3.92. The van der Waals surface area contributed by atoms with Crippen LogP contribution in [-0.4, -0.2) is 20.4 Å². The van der Waals surface area contributed by atoms with Gasteiger partial charge in [-0.3, -0.25) is 0 Å². The van der Waals surface area contributed by atoms with Gasteiger partial charge in [-0.15, -0.1) is 0 Å². The molecule has 1 rings (SSSR count). The van der Waals surface area contributed by atoms with E-state index in [1.165, 1.54) is 0 Å². The Morgan fingerprint density at radius 2 is 2.07 bits per heavy atom. The summed E-state index contributed by atoms with van der Waals surface area (Å²) in [5.41, 5.74) is 3.65. The Hall–Kier alpha value is -0.550. The van der Waals surface area contributed by atoms with Crippen LogP contribution in [0.15, 0.2) is 26.2 Å². The molecule has 1 aromatic rings. The summed E-state index contributed by atoms with van der Waals surface area (Å²) in [4.78, 5) is 0. The van der Waals surface area contributed by atoms with Gasteiger partial charge in [0.2, 0.25) is 0 Å². The standard InChI is InChI=1S/C9H10Br2N2O/c1-12-13-5-6-3-9(14-2)8(11)4-7(6)10/h3-5,12H,1-2H3/b13-5+. The van der Waals surface area contributed by atoms with E-state index in [0.29, 0.717) is 0 Å². The second-order valence-corrected chi connectivity index (χ2v) is 4.20. The van der Waals surface area contributed by atoms with Crippen molar-refractivity contribution in [2.24, 2.45) is 5.10 Å². The number of ether oxygens (including phenoxy) is 1. The van der Waals surface area contributed by atoms with Crippen molar-refractivity contribution in [2.45, 2.75) is 0 Å². The zero-order valence-electron chi connectivity index (χ0n) is 7.84. The van der Waals surface area contributed by atoms with Crippen LogP contribution in [0.3, 0.4) is 0 Å². The predicted molar refractivity (Wildman–Crippen MR) is 65.0 cm³/mol. The van der Waals surface area contributed by atoms with Crippen LogP contribution in [0.2, 0.25) is 0 Å². The molecule has 0 spiro atoms. The molecule has 0 heterocycles. The largest absolute Gasteiger partial charge is 0.496 e. The van der Waals surface area contributed by atoms with Crippen LogP contribution in [0.25, 0.3) is 0 Å². The Bertz CT molecular complexity index is 353. The van der Waals surface area contributed by atoms with Gasteiger partial charge >= 0.3 is 0 Å². The van der Waals surface area contributed by atoms with Crippen LogP contribution in [0.4, 0.5) is 0 Å². The molecule has 1 aromatic carbocycles. The fraction of sp³-hybridized carbons (Fsp3) is 0.222. The first-order chi connectivity index (χ1) is 6.69. The third-order valence-electron chi connectivity index (χ3n) is 1.60. The quantitative estimate of drug-likeness (QED) is 0.686. The Labute approximate surface area is 99.8 Å². The minimum atomic E-state index is 0.783. The highest BCUT2D eigenvalue weighted by Gasteiger charge is 2.04. The lowest BCUT2D eigenvalue weighted by molar-refractivity contribution is 0.412. The summed E-state index contributed by atoms with van der Waals surface area (Å²) in [6, 6.07) is 3.82. The Morgan fingerprint density at radius 3 is 2.64 bits per heavy atom. The number of halogens is 2. The average molecular weight is 322 g/mol. The highest BCUT2D eigenvalue weighted by molar-refractivity contribution is 9.11. The van der Waals surface area contributed by atoms with Gasteiger partial charge < -0.3 is 10.2 Å². The molecule has 3 nitrogen and oxygen atoms in total. The normalized spacial score (nSPS) is 10.6. The molecule has 0 aliphatic carbocycles. The lowest BCUT2D eigenvalue weighted by Gasteiger charge is -2.05. The summed E-state index contributed by atoms with van der Waals surface area (Å²) in [7, 11) is 3.38. The van der Waals surface area contributed by atoms with Crippen molar-refractivity contribution in [1.29, 1.82) is 0 Å². The van der Waals surface area contributed by atoms with E-state index >= 15 is 0 Å². The first kappa shape index (κ1) is 11.5. The second-order valence-electron chi connectivity index (χ2n) is 2.49. The molecule has 0 amide bonds. The van der Waals surface area contributed by atoms with Crippen LogP contribution < -0.4 is 10.2 Å². The van der Waals surface area contributed by atoms with Crippen molar-refractivity contribution >= 4 is 38.1 Å². The van der Waals surface area contributed by atoms with Crippen molar-refractivity contribution in [3.8, 4) is 5.75 Å². The van der Waals surface area contributed by atoms with Crippen LogP contribution in [0.1, 0.15) is 5.56 Å². The van der Waals surface area contributed by atoms with Crippen LogP contribution in [0.5, 0.6) is 5.75 Å². The fourth-order valence-electron chi connectivity index (χ4n) is 0.934. The number of benzene rings is 1. The van der Waals surface area contributed by atoms with Crippen molar-refractivity contribution in [3.05, 3.63) is 26.6 Å². The Morgan fingerprint density at radius 1 is 1.36 bits per heavy atom. The maximum absolute atomic E-state index is 5.17. The Balaban J connectivity index is 3.10. The molecule has 14 heavy (non-hydrogen) atoms. The summed E-state index contributed by atoms with van der Waals surface area (Å²) in [5.74, 6) is 0.783. The predicted octanol–water partition coefficient (Wildman–Crippen LogP) is 2.77. The van der Waals surface area contributed by atoms with E-state index in [9.17, 15) is 0 Å². The van der Waals surface area contributed by atoms with Gasteiger partial charge in [0.15, 0.2) is 0 Å². The number of hydrazone groups is 1. The van der Waals surface area contributed by atoms with Gasteiger partial charge in [0, 0.05) is 17.1 Å². The van der Waals surface area contributed by atoms with Gasteiger partial charge in [0.25, 0.3) is 0 Å². The van der Waals surface area contributed by atoms with Gasteiger partial charge in [0.1, 0.15) is 5.75 Å². The highest BCUT2D eigenvalue weighted by atomic mass is 79.9. The Kier molecular flexibility index (Phi) is 4.41. The summed E-state index contributed by atoms with van der Waals surface area (Å²) >= 11 is 6.83. The number of methoxy groups -OCH3 is 1. The molecule has 0 aliphatic rings. The zero-order valence-corrected chi connectivity index (χ0v) is 11.0. The highest BCUT2D eigenvalue weighted by Crippen LogP contribution is 2.30. The second kappa shape index (κ2) is 5.36. The molecule has 0 radical (unpaired) electrons. The van der Waals surface area contributed by atoms with Crippen molar-refractivity contribution < 1.29 is 4.74 Å². The van der Waals surface area contributed by atoms with E-state index in [1.807, 2.05) is 12.1 Å². The molecule has 0 saturated carbocycles. The molecular weight excluding hydrogens is 312 g/mol. The molecule has 0 aromatic heterocycles. The molecule has 0 aliphatic heterocycles. The SMILES string of the molecule is CN/N=C/c1cc(OC)c(Br)cc1Br. The number of hydrogen-bond donors (Lipinski definition) is 1. The maximum Gasteiger partial charge on any atom is 0.133 e. The number of nitrogens with zero attached hydrogens (tertiary/aromatic N) is 1. The average Bonchev–Trinajstić information content (AvgIpc) is 2.17. The van der Waals surface area contributed by atoms with Crippen LogP contribution in [-0.2, 0) is 0 Å². The number of hydrogen-bond acceptors (Lipinski definition) is 3. The third-order valence-corrected chi connectivity index (χ3v) is 2.91. The van der Waals surface area contributed by atoms with E-state index in [-0.39, 0.29) is 0 Å². The van der Waals surface area contributed by atoms with E-state index < -0.39 is 0 Å². The maximum atomic E-state index is 5.17. The fourth-order valence-corrected chi connectivity index (χ4v) is 2.19. The van der Waals surface area contributed by atoms with E-state index in [4.69, 9.17) is 4.74 Å². The monoisotopic (exact) mass is 320 g/mol. The van der Waals surface area contributed by atoms with E-state index in [1.54, 1.807) is 20.4 Å². The lowest BCUT2D eigenvalue weighted by Crippen LogP contribution is -1.96. The minimum Gasteiger partial charge on any atom is -0.496 e. The smallest absolute Gasteiger partial charge is 0.133 e. The summed E-state index contributed by atoms with van der Waals surface area (Å²) in [6.45, 7) is 0. The molecular formula is C9H10Br2N2O. The van der Waals surface area contributed by atoms with E-state index in [0.717, 1.165) is 20.3 Å². The third kappa shape index (κ3) is 2.72. The molecule has 0 fully saturated rings. The molecule has 0 unspecified atom stereocenters. The van der Waals surface area contributed by atoms with Gasteiger partial charge in [-0.05, 0) is 28.1 Å². The number of nitrogens with one attached hydrogen (secondary N) is 1. The van der Waals surface area contributed by atoms with Gasteiger partial charge in [-0.1, -0.05) is 15.9 Å². The molecule has 0 atom stereocenters.